The van der Waals surface area contributed by atoms with Gasteiger partial charge >= 0.3 is 5.97 Å². The van der Waals surface area contributed by atoms with Crippen molar-refractivity contribution in [2.24, 2.45) is 23.7 Å². The second kappa shape index (κ2) is 7.46. The Hall–Kier alpha value is -2.38. The Morgan fingerprint density at radius 1 is 1.17 bits per heavy atom. The Morgan fingerprint density at radius 2 is 1.79 bits per heavy atom. The first-order chi connectivity index (χ1) is 13.8. The van der Waals surface area contributed by atoms with Gasteiger partial charge in [0, 0.05) is 5.02 Å². The number of carbonyl (C=O) groups is 4. The lowest BCUT2D eigenvalue weighted by Gasteiger charge is -2.23. The minimum absolute atomic E-state index is 0.0598. The molecule has 2 fully saturated rings. The van der Waals surface area contributed by atoms with Crippen LogP contribution in [-0.2, 0) is 23.9 Å². The molecule has 3 amide bonds. The summed E-state index contributed by atoms with van der Waals surface area (Å²) in [5.41, 5.74) is 0.325. The zero-order chi connectivity index (χ0) is 20.9. The Balaban J connectivity index is 1.35. The predicted octanol–water partition coefficient (Wildman–Crippen LogP) is 2.67. The average molecular weight is 437 g/mol. The molecule has 29 heavy (non-hydrogen) atoms. The van der Waals surface area contributed by atoms with E-state index in [0.29, 0.717) is 10.7 Å². The number of halogens is 2. The molecule has 4 rings (SSSR count). The van der Waals surface area contributed by atoms with E-state index in [0.717, 1.165) is 11.3 Å². The van der Waals surface area contributed by atoms with Crippen LogP contribution in [0.4, 0.5) is 5.69 Å². The molecule has 0 unspecified atom stereocenters. The van der Waals surface area contributed by atoms with Crippen molar-refractivity contribution >= 4 is 52.6 Å². The molecule has 7 nitrogen and oxygen atoms in total. The number of amides is 3. The van der Waals surface area contributed by atoms with E-state index in [9.17, 15) is 19.2 Å². The van der Waals surface area contributed by atoms with Crippen LogP contribution in [0.25, 0.3) is 0 Å². The summed E-state index contributed by atoms with van der Waals surface area (Å²) in [5.74, 6) is -2.74. The van der Waals surface area contributed by atoms with E-state index in [1.165, 1.54) is 19.1 Å². The topological polar surface area (TPSA) is 92.8 Å². The molecule has 1 saturated heterocycles. The van der Waals surface area contributed by atoms with Gasteiger partial charge in [0.1, 0.15) is 6.04 Å². The quantitative estimate of drug-likeness (QED) is 0.435. The Kier molecular flexibility index (Phi) is 5.12. The highest BCUT2D eigenvalue weighted by Gasteiger charge is 2.60. The lowest BCUT2D eigenvalue weighted by molar-refractivity contribution is -0.159. The third kappa shape index (κ3) is 3.42. The maximum absolute atomic E-state index is 12.7. The molecule has 2 aliphatic carbocycles. The number of anilines is 1. The fraction of sp³-hybridized carbons (Fsp3) is 0.400. The fourth-order valence-electron chi connectivity index (χ4n) is 4.45. The first-order valence-corrected chi connectivity index (χ1v) is 10.0. The van der Waals surface area contributed by atoms with Crippen LogP contribution in [0.3, 0.4) is 0 Å². The molecular formula is C20H18Cl2N2O5. The van der Waals surface area contributed by atoms with Crippen LogP contribution in [-0.4, -0.2) is 41.2 Å². The van der Waals surface area contributed by atoms with Crippen LogP contribution in [0.1, 0.15) is 13.3 Å². The summed E-state index contributed by atoms with van der Waals surface area (Å²) in [5, 5.41) is 3.17. The van der Waals surface area contributed by atoms with E-state index in [4.69, 9.17) is 27.9 Å². The standard InChI is InChI=1S/C20H18Cl2N2O5/c1-9(24-18(26)16-10-2-3-11(6-10)17(16)19(24)27)20(28)29-8-15(25)23-14-5-4-12(21)7-13(14)22/h2-5,7,9-11,16-17H,6,8H2,1H3,(H,23,25)/t9-,10+,11+,16-,17-/m1/s1. The molecule has 1 aliphatic heterocycles. The van der Waals surface area contributed by atoms with Crippen molar-refractivity contribution < 1.29 is 23.9 Å². The smallest absolute Gasteiger partial charge is 0.329 e. The van der Waals surface area contributed by atoms with Crippen molar-refractivity contribution in [2.45, 2.75) is 19.4 Å². The fourth-order valence-corrected chi connectivity index (χ4v) is 4.90. The van der Waals surface area contributed by atoms with E-state index in [1.807, 2.05) is 12.2 Å². The van der Waals surface area contributed by atoms with Gasteiger partial charge in [-0.05, 0) is 43.4 Å². The number of allylic oxidation sites excluding steroid dienone is 2. The summed E-state index contributed by atoms with van der Waals surface area (Å²) in [6.45, 7) is 0.862. The largest absolute Gasteiger partial charge is 0.454 e. The van der Waals surface area contributed by atoms with Crippen molar-refractivity contribution in [2.75, 3.05) is 11.9 Å². The van der Waals surface area contributed by atoms with E-state index >= 15 is 0 Å². The van der Waals surface area contributed by atoms with Gasteiger partial charge in [-0.15, -0.1) is 0 Å². The van der Waals surface area contributed by atoms with Gasteiger partial charge in [-0.3, -0.25) is 19.3 Å². The molecule has 2 bridgehead atoms. The van der Waals surface area contributed by atoms with Crippen molar-refractivity contribution in [3.05, 3.63) is 40.4 Å². The van der Waals surface area contributed by atoms with Crippen molar-refractivity contribution in [3.8, 4) is 0 Å². The lowest BCUT2D eigenvalue weighted by Crippen LogP contribution is -2.45. The van der Waals surface area contributed by atoms with Gasteiger partial charge in [0.15, 0.2) is 6.61 Å². The Morgan fingerprint density at radius 3 is 2.38 bits per heavy atom. The SMILES string of the molecule is C[C@H](C(=O)OCC(=O)Nc1ccc(Cl)cc1Cl)N1C(=O)[C@H]2[C@H](C1=O)[C@H]1C=C[C@H]2C1. The van der Waals surface area contributed by atoms with Gasteiger partial charge < -0.3 is 10.1 Å². The van der Waals surface area contributed by atoms with Gasteiger partial charge in [0.25, 0.3) is 5.91 Å². The average Bonchev–Trinajstić information content (AvgIpc) is 3.35. The molecule has 1 saturated carbocycles. The molecule has 1 N–H and O–H groups in total. The molecule has 1 aromatic carbocycles. The third-order valence-corrected chi connectivity index (χ3v) is 6.33. The van der Waals surface area contributed by atoms with Crippen molar-refractivity contribution in [1.29, 1.82) is 0 Å². The number of benzene rings is 1. The van der Waals surface area contributed by atoms with E-state index < -0.39 is 24.5 Å². The van der Waals surface area contributed by atoms with Crippen LogP contribution in [0.2, 0.25) is 10.0 Å². The number of ether oxygens (including phenoxy) is 1. The zero-order valence-electron chi connectivity index (χ0n) is 15.4. The minimum atomic E-state index is -1.09. The monoisotopic (exact) mass is 436 g/mol. The normalized spacial score (nSPS) is 27.9. The summed E-state index contributed by atoms with van der Waals surface area (Å²) in [6.07, 6.45) is 4.78. The number of imide groups is 1. The summed E-state index contributed by atoms with van der Waals surface area (Å²) in [4.78, 5) is 50.9. The predicted molar refractivity (Wildman–Crippen MR) is 105 cm³/mol. The number of rotatable bonds is 5. The first kappa shape index (κ1) is 19.9. The molecule has 0 aromatic heterocycles. The Labute approximate surface area is 177 Å². The molecule has 1 aromatic rings. The number of fused-ring (bicyclic) bond motifs is 5. The number of esters is 1. The van der Waals surface area contributed by atoms with Crippen LogP contribution >= 0.6 is 23.2 Å². The molecule has 3 aliphatic rings. The summed E-state index contributed by atoms with van der Waals surface area (Å²) >= 11 is 11.8. The number of likely N-dealkylation sites (tertiary alicyclic amines) is 1. The third-order valence-electron chi connectivity index (χ3n) is 5.78. The summed E-state index contributed by atoms with van der Waals surface area (Å²) < 4.78 is 5.02. The molecule has 1 heterocycles. The number of hydrogen-bond donors (Lipinski definition) is 1. The van der Waals surface area contributed by atoms with Crippen LogP contribution in [0.15, 0.2) is 30.4 Å². The van der Waals surface area contributed by atoms with Crippen LogP contribution < -0.4 is 5.32 Å². The van der Waals surface area contributed by atoms with Gasteiger partial charge in [-0.25, -0.2) is 4.79 Å². The number of hydrogen-bond acceptors (Lipinski definition) is 5. The lowest BCUT2D eigenvalue weighted by atomic mass is 9.85. The summed E-state index contributed by atoms with van der Waals surface area (Å²) in [7, 11) is 0. The molecule has 152 valence electrons. The minimum Gasteiger partial charge on any atom is -0.454 e. The molecule has 5 atom stereocenters. The zero-order valence-corrected chi connectivity index (χ0v) is 16.9. The molecular weight excluding hydrogens is 419 g/mol. The number of nitrogens with one attached hydrogen (secondary N) is 1. The van der Waals surface area contributed by atoms with Crippen molar-refractivity contribution in [1.82, 2.24) is 4.90 Å². The van der Waals surface area contributed by atoms with Gasteiger partial charge in [-0.2, -0.15) is 0 Å². The van der Waals surface area contributed by atoms with Gasteiger partial charge in [0.2, 0.25) is 11.8 Å². The van der Waals surface area contributed by atoms with Gasteiger partial charge in [0.05, 0.1) is 22.5 Å². The second-order valence-electron chi connectivity index (χ2n) is 7.50. The van der Waals surface area contributed by atoms with E-state index in [2.05, 4.69) is 5.32 Å². The summed E-state index contributed by atoms with van der Waals surface area (Å²) in [6, 6.07) is 3.46. The first-order valence-electron chi connectivity index (χ1n) is 9.24. The highest BCUT2D eigenvalue weighted by Crippen LogP contribution is 2.52. The van der Waals surface area contributed by atoms with Gasteiger partial charge in [-0.1, -0.05) is 35.4 Å². The highest BCUT2D eigenvalue weighted by molar-refractivity contribution is 6.36. The van der Waals surface area contributed by atoms with E-state index in [1.54, 1.807) is 6.07 Å². The highest BCUT2D eigenvalue weighted by atomic mass is 35.5. The second-order valence-corrected chi connectivity index (χ2v) is 8.35. The van der Waals surface area contributed by atoms with Crippen molar-refractivity contribution in [3.63, 3.8) is 0 Å². The number of carbonyl (C=O) groups excluding carboxylic acids is 4. The molecule has 9 heteroatoms. The van der Waals surface area contributed by atoms with Crippen LogP contribution in [0.5, 0.6) is 0 Å². The number of nitrogens with zero attached hydrogens (tertiary/aromatic N) is 1. The molecule has 0 radical (unpaired) electrons. The Bertz CT molecular complexity index is 917. The van der Waals surface area contributed by atoms with Crippen LogP contribution in [0, 0.1) is 23.7 Å². The maximum atomic E-state index is 12.7. The van der Waals surface area contributed by atoms with E-state index in [-0.39, 0.29) is 40.5 Å². The molecule has 0 spiro atoms. The maximum Gasteiger partial charge on any atom is 0.329 e.